The fourth-order valence-corrected chi connectivity index (χ4v) is 0.571. The van der Waals surface area contributed by atoms with Crippen molar-refractivity contribution in [2.24, 2.45) is 0 Å². The molecule has 0 aliphatic carbocycles. The van der Waals surface area contributed by atoms with E-state index in [4.69, 9.17) is 5.11 Å². The Balaban J connectivity index is 4.95. The van der Waals surface area contributed by atoms with Gasteiger partial charge in [0, 0.05) is 0 Å². The Labute approximate surface area is 104 Å². The van der Waals surface area contributed by atoms with E-state index in [9.17, 15) is 30.7 Å². The van der Waals surface area contributed by atoms with E-state index in [1.165, 1.54) is 0 Å². The van der Waals surface area contributed by atoms with Crippen molar-refractivity contribution in [3.63, 3.8) is 0 Å². The molecule has 2 nitrogen and oxygen atoms in total. The van der Waals surface area contributed by atoms with Gasteiger partial charge in [0.05, 0.1) is 0 Å². The van der Waals surface area contributed by atoms with E-state index in [-0.39, 0.29) is 0 Å². The van der Waals surface area contributed by atoms with Gasteiger partial charge in [-0.05, 0) is 11.6 Å². The van der Waals surface area contributed by atoms with Gasteiger partial charge in [0.15, 0.2) is 0 Å². The summed E-state index contributed by atoms with van der Waals surface area (Å²) in [5.74, 6) is -5.63. The fraction of sp³-hybridized carbons (Fsp3) is 1.00. The van der Waals surface area contributed by atoms with Crippen molar-refractivity contribution in [3.8, 4) is 0 Å². The summed E-state index contributed by atoms with van der Waals surface area (Å²) in [5, 5.41) is 3.47. The number of alkyl halides is 10. The molecule has 0 spiro atoms. The molecule has 104 valence electrons. The predicted octanol–water partition coefficient (Wildman–Crippen LogP) is 3.48. The van der Waals surface area contributed by atoms with Crippen molar-refractivity contribution in [2.45, 2.75) is 28.3 Å². The smallest absolute Gasteiger partial charge is 0.351 e. The largest absolute Gasteiger partial charge is 0.454 e. The van der Waals surface area contributed by atoms with Gasteiger partial charge in [0.25, 0.3) is 6.36 Å². The first-order valence-corrected chi connectivity index (χ1v) is 4.51. The number of ether oxygens (including phenoxy) is 1. The van der Waals surface area contributed by atoms with Crippen LogP contribution in [0.25, 0.3) is 0 Å². The van der Waals surface area contributed by atoms with E-state index >= 15 is 0 Å². The Kier molecular flexibility index (Phi) is 4.85. The molecule has 0 aromatic carbocycles. The minimum Gasteiger partial charge on any atom is -0.351 e. The number of halogens is 10. The molecule has 0 fully saturated rings. The first-order valence-electron chi connectivity index (χ1n) is 3.37. The molecule has 0 bridgehead atoms. The molecule has 12 heteroatoms. The molecule has 0 aliphatic rings. The summed E-state index contributed by atoms with van der Waals surface area (Å²) in [5.41, 5.74) is 0. The average Bonchev–Trinajstić information content (AvgIpc) is 1.98. The third-order valence-electron chi connectivity index (χ3n) is 1.28. The van der Waals surface area contributed by atoms with Gasteiger partial charge in [-0.1, -0.05) is 23.2 Å². The van der Waals surface area contributed by atoms with Crippen LogP contribution >= 0.6 is 34.8 Å². The van der Waals surface area contributed by atoms with E-state index in [1.807, 2.05) is 0 Å². The number of rotatable bonds is 4. The van der Waals surface area contributed by atoms with E-state index in [1.54, 1.807) is 0 Å². The lowest BCUT2D eigenvalue weighted by molar-refractivity contribution is -0.387. The summed E-state index contributed by atoms with van der Waals surface area (Å²) in [6, 6.07) is 0. The molecule has 0 aliphatic heterocycles. The highest BCUT2D eigenvalue weighted by molar-refractivity contribution is 6.51. The standard InChI is InChI=1S/C5H2Cl3F7O2/c6-3(7,11)4(8,12)17-1(9)2(10,16)5(13,14)15/h1,16H. The number of hydrogen-bond acceptors (Lipinski definition) is 2. The molecule has 3 atom stereocenters. The Hall–Kier alpha value is 0.300. The summed E-state index contributed by atoms with van der Waals surface area (Å²) in [4.78, 5) is 0. The summed E-state index contributed by atoms with van der Waals surface area (Å²) >= 11 is 13.0. The third-order valence-corrected chi connectivity index (χ3v) is 2.31. The molecule has 1 N–H and O–H groups in total. The molecule has 0 amide bonds. The second-order valence-corrected chi connectivity index (χ2v) is 4.34. The van der Waals surface area contributed by atoms with Crippen molar-refractivity contribution in [2.75, 3.05) is 0 Å². The van der Waals surface area contributed by atoms with Crippen LogP contribution in [0.2, 0.25) is 0 Å². The topological polar surface area (TPSA) is 29.5 Å². The summed E-state index contributed by atoms with van der Waals surface area (Å²) in [6.45, 7) is 0. The van der Waals surface area contributed by atoms with Crippen LogP contribution in [0.15, 0.2) is 0 Å². The van der Waals surface area contributed by atoms with E-state index < -0.39 is 28.3 Å². The van der Waals surface area contributed by atoms with Gasteiger partial charge in [0.1, 0.15) is 0 Å². The van der Waals surface area contributed by atoms with Crippen molar-refractivity contribution >= 4 is 34.8 Å². The van der Waals surface area contributed by atoms with Crippen molar-refractivity contribution in [1.29, 1.82) is 0 Å². The van der Waals surface area contributed by atoms with Crippen LogP contribution in [0.4, 0.5) is 30.7 Å². The zero-order valence-corrected chi connectivity index (χ0v) is 9.48. The molecule has 0 saturated heterocycles. The Morgan fingerprint density at radius 1 is 0.941 bits per heavy atom. The Morgan fingerprint density at radius 2 is 1.29 bits per heavy atom. The minimum atomic E-state index is -6.18. The van der Waals surface area contributed by atoms with Crippen LogP contribution in [0.5, 0.6) is 0 Å². The quantitative estimate of drug-likeness (QED) is 0.630. The normalized spacial score (nSPS) is 22.8. The lowest BCUT2D eigenvalue weighted by Crippen LogP contribution is -2.53. The summed E-state index contributed by atoms with van der Waals surface area (Å²) in [6.07, 6.45) is -10.6. The average molecular weight is 333 g/mol. The first-order chi connectivity index (χ1) is 7.13. The van der Waals surface area contributed by atoms with Crippen LogP contribution in [0, 0.1) is 0 Å². The monoisotopic (exact) mass is 332 g/mol. The second kappa shape index (κ2) is 4.76. The van der Waals surface area contributed by atoms with Gasteiger partial charge in [-0.15, -0.1) is 0 Å². The zero-order valence-electron chi connectivity index (χ0n) is 7.21. The van der Waals surface area contributed by atoms with E-state index in [0.29, 0.717) is 0 Å². The highest BCUT2D eigenvalue weighted by Gasteiger charge is 2.66. The van der Waals surface area contributed by atoms with Crippen LogP contribution in [-0.2, 0) is 4.74 Å². The van der Waals surface area contributed by atoms with Crippen LogP contribution in [0.3, 0.4) is 0 Å². The van der Waals surface area contributed by atoms with Crippen molar-refractivity contribution < 1.29 is 40.6 Å². The highest BCUT2D eigenvalue weighted by Crippen LogP contribution is 2.46. The fourth-order valence-electron chi connectivity index (χ4n) is 0.404. The molecule has 0 saturated carbocycles. The summed E-state index contributed by atoms with van der Waals surface area (Å²) < 4.78 is 83.9. The Morgan fingerprint density at radius 3 is 1.53 bits per heavy atom. The second-order valence-electron chi connectivity index (χ2n) is 2.62. The van der Waals surface area contributed by atoms with Gasteiger partial charge in [-0.2, -0.15) is 26.3 Å². The molecule has 0 aromatic rings. The predicted molar refractivity (Wildman–Crippen MR) is 43.3 cm³/mol. The van der Waals surface area contributed by atoms with Gasteiger partial charge in [0.2, 0.25) is 0 Å². The van der Waals surface area contributed by atoms with E-state index in [2.05, 4.69) is 39.5 Å². The third kappa shape index (κ3) is 3.88. The minimum absolute atomic E-state index is 2.84. The highest BCUT2D eigenvalue weighted by atomic mass is 35.5. The van der Waals surface area contributed by atoms with Gasteiger partial charge >= 0.3 is 21.9 Å². The number of hydrogen-bond donors (Lipinski definition) is 1. The summed E-state index contributed by atoms with van der Waals surface area (Å²) in [7, 11) is 0. The maximum absolute atomic E-state index is 12.8. The molecule has 0 heterocycles. The van der Waals surface area contributed by atoms with Crippen LogP contribution in [-0.4, -0.2) is 33.4 Å². The molecular formula is C5H2Cl3F7O2. The van der Waals surface area contributed by atoms with Crippen molar-refractivity contribution in [1.82, 2.24) is 0 Å². The maximum Gasteiger partial charge on any atom is 0.454 e. The van der Waals surface area contributed by atoms with Crippen molar-refractivity contribution in [3.05, 3.63) is 0 Å². The first kappa shape index (κ1) is 17.3. The molecule has 3 unspecified atom stereocenters. The van der Waals surface area contributed by atoms with Crippen LogP contribution < -0.4 is 0 Å². The number of aliphatic hydroxyl groups is 1. The Bertz CT molecular complexity index is 274. The SMILES string of the molecule is OC(F)(C(F)OC(F)(Cl)C(F)(Cl)Cl)C(F)(F)F. The van der Waals surface area contributed by atoms with E-state index in [0.717, 1.165) is 0 Å². The molecule has 0 radical (unpaired) electrons. The lowest BCUT2D eigenvalue weighted by atomic mass is 10.3. The molecule has 0 aromatic heterocycles. The molecular weight excluding hydrogens is 331 g/mol. The van der Waals surface area contributed by atoms with Gasteiger partial charge in [-0.25, -0.2) is 4.39 Å². The van der Waals surface area contributed by atoms with Gasteiger partial charge < -0.3 is 5.11 Å². The molecule has 17 heavy (non-hydrogen) atoms. The zero-order chi connectivity index (χ0) is 14.3. The van der Waals surface area contributed by atoms with Crippen LogP contribution in [0.1, 0.15) is 0 Å². The maximum atomic E-state index is 12.8. The van der Waals surface area contributed by atoms with Gasteiger partial charge in [-0.3, -0.25) is 4.74 Å². The lowest BCUT2D eigenvalue weighted by Gasteiger charge is -2.30. The molecule has 0 rings (SSSR count).